The number of hydrogen-bond donors (Lipinski definition) is 2. The van der Waals surface area contributed by atoms with Crippen molar-refractivity contribution in [1.82, 2.24) is 0 Å². The molecule has 0 aliphatic heterocycles. The maximum atomic E-state index is 11.9. The van der Waals surface area contributed by atoms with Crippen molar-refractivity contribution in [3.05, 3.63) is 58.6 Å². The van der Waals surface area contributed by atoms with Crippen LogP contribution in [0.15, 0.2) is 47.5 Å². The molecule has 2 aromatic carbocycles. The van der Waals surface area contributed by atoms with Crippen LogP contribution in [0.4, 0.5) is 5.69 Å². The Balaban J connectivity index is 1.98. The molecule has 2 aromatic rings. The number of para-hydroxylation sites is 1. The third-order valence-corrected chi connectivity index (χ3v) is 3.36. The van der Waals surface area contributed by atoms with Crippen LogP contribution in [0.3, 0.4) is 0 Å². The molecule has 0 radical (unpaired) electrons. The number of phenols is 1. The minimum Gasteiger partial charge on any atom is -0.507 e. The number of carbonyl (C=O) groups excluding carboxylic acids is 1. The normalized spacial score (nSPS) is 10.8. The largest absolute Gasteiger partial charge is 0.507 e. The summed E-state index contributed by atoms with van der Waals surface area (Å²) in [5, 5.41) is 13.0. The van der Waals surface area contributed by atoms with Crippen molar-refractivity contribution < 1.29 is 9.90 Å². The number of anilines is 1. The van der Waals surface area contributed by atoms with Gasteiger partial charge < -0.3 is 10.4 Å². The first-order chi connectivity index (χ1) is 10.6. The lowest BCUT2D eigenvalue weighted by atomic mass is 10.1. The van der Waals surface area contributed by atoms with Gasteiger partial charge in [-0.1, -0.05) is 36.7 Å². The predicted octanol–water partition coefficient (Wildman–Crippen LogP) is 3.67. The minimum absolute atomic E-state index is 0.0238. The first-order valence-electron chi connectivity index (χ1n) is 6.96. The maximum absolute atomic E-state index is 11.9. The number of aryl methyl sites for hydroxylation is 1. The molecule has 4 nitrogen and oxygen atoms in total. The van der Waals surface area contributed by atoms with E-state index in [1.807, 2.05) is 31.2 Å². The van der Waals surface area contributed by atoms with Crippen molar-refractivity contribution in [2.24, 2.45) is 4.99 Å². The van der Waals surface area contributed by atoms with E-state index in [1.54, 1.807) is 12.1 Å². The van der Waals surface area contributed by atoms with Gasteiger partial charge in [0.25, 0.3) is 0 Å². The molecule has 0 aliphatic rings. The highest BCUT2D eigenvalue weighted by Gasteiger charge is 2.04. The van der Waals surface area contributed by atoms with Crippen molar-refractivity contribution in [3.8, 4) is 5.75 Å². The van der Waals surface area contributed by atoms with Gasteiger partial charge in [-0.15, -0.1) is 0 Å². The molecular weight excluding hydrogens is 300 g/mol. The van der Waals surface area contributed by atoms with E-state index in [0.29, 0.717) is 10.6 Å². The Morgan fingerprint density at radius 1 is 1.32 bits per heavy atom. The number of phenolic OH excluding ortho intramolecular Hbond substituents is 1. The molecule has 1 amide bonds. The first-order valence-corrected chi connectivity index (χ1v) is 7.34. The van der Waals surface area contributed by atoms with Gasteiger partial charge >= 0.3 is 0 Å². The average molecular weight is 317 g/mol. The van der Waals surface area contributed by atoms with Crippen molar-refractivity contribution >= 4 is 29.4 Å². The van der Waals surface area contributed by atoms with E-state index < -0.39 is 0 Å². The predicted molar refractivity (Wildman–Crippen MR) is 90.0 cm³/mol. The van der Waals surface area contributed by atoms with Crippen LogP contribution in [0.5, 0.6) is 5.75 Å². The van der Waals surface area contributed by atoms with Crippen LogP contribution in [0, 0.1) is 0 Å². The lowest BCUT2D eigenvalue weighted by Crippen LogP contribution is -2.16. The summed E-state index contributed by atoms with van der Waals surface area (Å²) in [7, 11) is 0. The third-order valence-electron chi connectivity index (χ3n) is 3.13. The highest BCUT2D eigenvalue weighted by Crippen LogP contribution is 2.19. The van der Waals surface area contributed by atoms with Gasteiger partial charge in [-0.25, -0.2) is 0 Å². The van der Waals surface area contributed by atoms with E-state index in [9.17, 15) is 9.90 Å². The van der Waals surface area contributed by atoms with Crippen LogP contribution in [-0.4, -0.2) is 23.8 Å². The van der Waals surface area contributed by atoms with Crippen LogP contribution in [0.1, 0.15) is 18.1 Å². The van der Waals surface area contributed by atoms with Gasteiger partial charge in [-0.2, -0.15) is 0 Å². The third kappa shape index (κ3) is 4.33. The van der Waals surface area contributed by atoms with Crippen LogP contribution in [-0.2, 0) is 11.2 Å². The van der Waals surface area contributed by atoms with E-state index in [1.165, 1.54) is 12.3 Å². The summed E-state index contributed by atoms with van der Waals surface area (Å²) in [5.74, 6) is -0.136. The van der Waals surface area contributed by atoms with Crippen LogP contribution in [0.25, 0.3) is 0 Å². The Labute approximate surface area is 134 Å². The molecule has 0 bridgehead atoms. The van der Waals surface area contributed by atoms with Crippen molar-refractivity contribution in [2.75, 3.05) is 11.9 Å². The van der Waals surface area contributed by atoms with Gasteiger partial charge in [0.1, 0.15) is 12.3 Å². The summed E-state index contributed by atoms with van der Waals surface area (Å²) in [6, 6.07) is 12.3. The summed E-state index contributed by atoms with van der Waals surface area (Å²) in [4.78, 5) is 15.9. The summed E-state index contributed by atoms with van der Waals surface area (Å²) >= 11 is 5.85. The maximum Gasteiger partial charge on any atom is 0.246 e. The second kappa shape index (κ2) is 7.61. The van der Waals surface area contributed by atoms with Crippen LogP contribution in [0.2, 0.25) is 5.02 Å². The first kappa shape index (κ1) is 16.0. The van der Waals surface area contributed by atoms with Crippen molar-refractivity contribution in [2.45, 2.75) is 13.3 Å². The fourth-order valence-corrected chi connectivity index (χ4v) is 2.18. The van der Waals surface area contributed by atoms with Gasteiger partial charge in [-0.3, -0.25) is 9.79 Å². The molecule has 0 aromatic heterocycles. The topological polar surface area (TPSA) is 61.7 Å². The van der Waals surface area contributed by atoms with Crippen molar-refractivity contribution in [1.29, 1.82) is 0 Å². The second-order valence-electron chi connectivity index (χ2n) is 4.73. The highest BCUT2D eigenvalue weighted by atomic mass is 35.5. The molecule has 2 rings (SSSR count). The number of aromatic hydroxyl groups is 1. The number of carbonyl (C=O) groups is 1. The minimum atomic E-state index is -0.210. The van der Waals surface area contributed by atoms with Crippen LogP contribution >= 0.6 is 11.6 Å². The van der Waals surface area contributed by atoms with Crippen LogP contribution < -0.4 is 5.32 Å². The number of aliphatic imine (C=N–C) groups is 1. The SMILES string of the molecule is CCc1ccccc1NC(=O)CN=Cc1cc(Cl)ccc1O. The Bertz CT molecular complexity index is 699. The summed E-state index contributed by atoms with van der Waals surface area (Å²) in [6.07, 6.45) is 2.28. The van der Waals surface area contributed by atoms with E-state index in [-0.39, 0.29) is 18.2 Å². The smallest absolute Gasteiger partial charge is 0.246 e. The van der Waals surface area contributed by atoms with Gasteiger partial charge in [0.2, 0.25) is 5.91 Å². The molecule has 0 heterocycles. The molecule has 114 valence electrons. The van der Waals surface area contributed by atoms with Crippen molar-refractivity contribution in [3.63, 3.8) is 0 Å². The monoisotopic (exact) mass is 316 g/mol. The average Bonchev–Trinajstić information content (AvgIpc) is 2.51. The Morgan fingerprint density at radius 2 is 2.09 bits per heavy atom. The van der Waals surface area contributed by atoms with E-state index >= 15 is 0 Å². The zero-order valence-electron chi connectivity index (χ0n) is 12.2. The molecule has 0 saturated heterocycles. The number of benzene rings is 2. The fraction of sp³-hybridized carbons (Fsp3) is 0.176. The number of nitrogens with zero attached hydrogens (tertiary/aromatic N) is 1. The van der Waals surface area contributed by atoms with E-state index in [0.717, 1.165) is 17.7 Å². The lowest BCUT2D eigenvalue weighted by molar-refractivity contribution is -0.114. The lowest BCUT2D eigenvalue weighted by Gasteiger charge is -2.08. The molecule has 0 unspecified atom stereocenters. The summed E-state index contributed by atoms with van der Waals surface area (Å²) in [6.45, 7) is 2.01. The second-order valence-corrected chi connectivity index (χ2v) is 5.17. The highest BCUT2D eigenvalue weighted by molar-refractivity contribution is 6.30. The van der Waals surface area contributed by atoms with E-state index in [4.69, 9.17) is 11.6 Å². The molecule has 0 saturated carbocycles. The fourth-order valence-electron chi connectivity index (χ4n) is 2.00. The van der Waals surface area contributed by atoms with Gasteiger partial charge in [0, 0.05) is 22.5 Å². The molecular formula is C17H17ClN2O2. The zero-order chi connectivity index (χ0) is 15.9. The number of amides is 1. The molecule has 2 N–H and O–H groups in total. The summed E-state index contributed by atoms with van der Waals surface area (Å²) in [5.41, 5.74) is 2.36. The number of halogens is 1. The molecule has 0 fully saturated rings. The Morgan fingerprint density at radius 3 is 2.86 bits per heavy atom. The summed E-state index contributed by atoms with van der Waals surface area (Å²) < 4.78 is 0. The van der Waals surface area contributed by atoms with E-state index in [2.05, 4.69) is 10.3 Å². The standard InChI is InChI=1S/C17H17ClN2O2/c1-2-12-5-3-4-6-15(12)20-17(22)11-19-10-13-9-14(18)7-8-16(13)21/h3-10,21H,2,11H2,1H3,(H,20,22). The Hall–Kier alpha value is -2.33. The Kier molecular flexibility index (Phi) is 5.55. The quantitative estimate of drug-likeness (QED) is 0.827. The zero-order valence-corrected chi connectivity index (χ0v) is 13.0. The number of rotatable bonds is 5. The number of nitrogens with one attached hydrogen (secondary N) is 1. The molecule has 5 heteroatoms. The van der Waals surface area contributed by atoms with Gasteiger partial charge in [0.15, 0.2) is 0 Å². The van der Waals surface area contributed by atoms with Gasteiger partial charge in [-0.05, 0) is 36.2 Å². The molecule has 0 atom stereocenters. The molecule has 0 aliphatic carbocycles. The molecule has 0 spiro atoms. The molecule has 22 heavy (non-hydrogen) atoms. The number of hydrogen-bond acceptors (Lipinski definition) is 3. The van der Waals surface area contributed by atoms with Gasteiger partial charge in [0.05, 0.1) is 0 Å².